The fourth-order valence-corrected chi connectivity index (χ4v) is 2.74. The lowest BCUT2D eigenvalue weighted by Crippen LogP contribution is -2.07. The Bertz CT molecular complexity index is 933. The van der Waals surface area contributed by atoms with Crippen molar-refractivity contribution in [2.24, 2.45) is 0 Å². The van der Waals surface area contributed by atoms with Gasteiger partial charge in [0.25, 0.3) is 0 Å². The fraction of sp³-hybridized carbons (Fsp3) is 0.111. The van der Waals surface area contributed by atoms with Crippen LogP contribution in [0.2, 0.25) is 0 Å². The maximum absolute atomic E-state index is 4.55. The van der Waals surface area contributed by atoms with E-state index >= 15 is 0 Å². The minimum Gasteiger partial charge on any atom is -0.378 e. The number of H-pyrrole nitrogens is 2. The molecule has 0 bridgehead atoms. The zero-order chi connectivity index (χ0) is 15.8. The average Bonchev–Trinajstić information content (AvgIpc) is 3.23. The van der Waals surface area contributed by atoms with Crippen LogP contribution in [0.4, 0.5) is 5.69 Å². The van der Waals surface area contributed by atoms with Gasteiger partial charge in [-0.2, -0.15) is 0 Å². The van der Waals surface area contributed by atoms with Gasteiger partial charge in [-0.25, -0.2) is 9.97 Å². The van der Waals surface area contributed by atoms with Crippen LogP contribution in [0.15, 0.2) is 55.2 Å². The van der Waals surface area contributed by atoms with Crippen LogP contribution in [0.25, 0.3) is 33.4 Å². The van der Waals surface area contributed by atoms with Gasteiger partial charge in [-0.1, -0.05) is 12.1 Å². The third-order valence-corrected chi connectivity index (χ3v) is 4.04. The van der Waals surface area contributed by atoms with E-state index in [1.54, 1.807) is 6.33 Å². The summed E-state index contributed by atoms with van der Waals surface area (Å²) in [5.74, 6) is 0. The van der Waals surface area contributed by atoms with Crippen LogP contribution in [0.1, 0.15) is 0 Å². The minimum atomic E-state index is 0.878. The largest absolute Gasteiger partial charge is 0.378 e. The summed E-state index contributed by atoms with van der Waals surface area (Å²) in [6, 6.07) is 10.7. The van der Waals surface area contributed by atoms with E-state index in [1.807, 2.05) is 32.7 Å². The molecule has 4 aromatic rings. The van der Waals surface area contributed by atoms with Gasteiger partial charge in [-0.3, -0.25) is 0 Å². The van der Waals surface area contributed by atoms with Crippen molar-refractivity contribution >= 4 is 16.7 Å². The summed E-state index contributed by atoms with van der Waals surface area (Å²) >= 11 is 0. The van der Waals surface area contributed by atoms with Crippen LogP contribution in [0.3, 0.4) is 0 Å². The molecule has 0 atom stereocenters. The second kappa shape index (κ2) is 5.28. The molecule has 0 aliphatic heterocycles. The molecule has 0 radical (unpaired) electrons. The number of nitrogens with one attached hydrogen (secondary N) is 2. The highest BCUT2D eigenvalue weighted by Crippen LogP contribution is 2.30. The molecule has 0 unspecified atom stereocenters. The van der Waals surface area contributed by atoms with Gasteiger partial charge < -0.3 is 14.9 Å². The topological polar surface area (TPSA) is 60.6 Å². The Morgan fingerprint density at radius 2 is 1.78 bits per heavy atom. The molecule has 0 fully saturated rings. The molecule has 1 aromatic carbocycles. The van der Waals surface area contributed by atoms with Gasteiger partial charge >= 0.3 is 0 Å². The molecule has 2 N–H and O–H groups in total. The second-order valence-corrected chi connectivity index (χ2v) is 5.73. The van der Waals surface area contributed by atoms with Gasteiger partial charge in [-0.15, -0.1) is 0 Å². The Morgan fingerprint density at radius 1 is 0.957 bits per heavy atom. The van der Waals surface area contributed by atoms with E-state index in [-0.39, 0.29) is 0 Å². The summed E-state index contributed by atoms with van der Waals surface area (Å²) in [7, 11) is 4.08. The van der Waals surface area contributed by atoms with E-state index in [9.17, 15) is 0 Å². The first-order chi connectivity index (χ1) is 11.2. The molecule has 3 aromatic heterocycles. The van der Waals surface area contributed by atoms with E-state index in [0.717, 1.165) is 33.4 Å². The van der Waals surface area contributed by atoms with Crippen LogP contribution < -0.4 is 4.90 Å². The number of imidazole rings is 1. The number of aromatic amines is 2. The quantitative estimate of drug-likeness (QED) is 0.607. The van der Waals surface area contributed by atoms with Gasteiger partial charge in [0.15, 0.2) is 0 Å². The van der Waals surface area contributed by atoms with E-state index in [1.165, 1.54) is 5.69 Å². The van der Waals surface area contributed by atoms with E-state index in [2.05, 4.69) is 55.2 Å². The molecule has 5 nitrogen and oxygen atoms in total. The Hall–Kier alpha value is -3.08. The molecule has 0 saturated heterocycles. The van der Waals surface area contributed by atoms with Crippen molar-refractivity contribution in [3.05, 3.63) is 55.2 Å². The summed E-state index contributed by atoms with van der Waals surface area (Å²) in [6.07, 6.45) is 7.37. The number of anilines is 1. The SMILES string of the molecule is CN(C)c1ccc(-c2cnc3[nH]cc(-c4cnc[nH]4)c3c2)cc1. The molecule has 0 saturated carbocycles. The monoisotopic (exact) mass is 303 g/mol. The van der Waals surface area contributed by atoms with Crippen molar-refractivity contribution < 1.29 is 0 Å². The summed E-state index contributed by atoms with van der Waals surface area (Å²) in [5, 5.41) is 1.09. The lowest BCUT2D eigenvalue weighted by atomic mass is 10.0. The summed E-state index contributed by atoms with van der Waals surface area (Å²) in [6.45, 7) is 0. The van der Waals surface area contributed by atoms with E-state index in [0.29, 0.717) is 0 Å². The molecule has 5 heteroatoms. The number of fused-ring (bicyclic) bond motifs is 1. The van der Waals surface area contributed by atoms with E-state index in [4.69, 9.17) is 0 Å². The van der Waals surface area contributed by atoms with Crippen molar-refractivity contribution in [2.45, 2.75) is 0 Å². The highest BCUT2D eigenvalue weighted by Gasteiger charge is 2.10. The molecular formula is C18H17N5. The standard InChI is InChI=1S/C18H17N5/c1-23(2)14-5-3-12(4-6-14)13-7-15-16(17-10-19-11-22-17)9-21-18(15)20-8-13/h3-11H,1-2H3,(H,19,22)(H,20,21). The van der Waals surface area contributed by atoms with E-state index < -0.39 is 0 Å². The van der Waals surface area contributed by atoms with Gasteiger partial charge in [0, 0.05) is 48.7 Å². The summed E-state index contributed by atoms with van der Waals surface area (Å²) in [5.41, 5.74) is 6.38. The molecule has 0 spiro atoms. The van der Waals surface area contributed by atoms with Crippen molar-refractivity contribution in [1.29, 1.82) is 0 Å². The molecule has 114 valence electrons. The molecule has 0 amide bonds. The molecule has 3 heterocycles. The third kappa shape index (κ3) is 2.36. The molecule has 0 aliphatic rings. The second-order valence-electron chi connectivity index (χ2n) is 5.73. The molecular weight excluding hydrogens is 286 g/mol. The Balaban J connectivity index is 1.80. The van der Waals surface area contributed by atoms with Crippen molar-refractivity contribution in [3.8, 4) is 22.4 Å². The molecule has 23 heavy (non-hydrogen) atoms. The summed E-state index contributed by atoms with van der Waals surface area (Å²) < 4.78 is 0. The highest BCUT2D eigenvalue weighted by atomic mass is 15.1. The normalized spacial score (nSPS) is 11.0. The van der Waals surface area contributed by atoms with Crippen LogP contribution in [0.5, 0.6) is 0 Å². The van der Waals surface area contributed by atoms with Crippen LogP contribution in [-0.4, -0.2) is 34.0 Å². The smallest absolute Gasteiger partial charge is 0.137 e. The number of hydrogen-bond acceptors (Lipinski definition) is 3. The molecule has 0 aliphatic carbocycles. The van der Waals surface area contributed by atoms with Crippen molar-refractivity contribution in [1.82, 2.24) is 19.9 Å². The average molecular weight is 303 g/mol. The third-order valence-electron chi connectivity index (χ3n) is 4.04. The Morgan fingerprint density at radius 3 is 2.48 bits per heavy atom. The zero-order valence-electron chi connectivity index (χ0n) is 13.0. The number of aromatic nitrogens is 4. The first-order valence-corrected chi connectivity index (χ1v) is 7.46. The molecule has 4 rings (SSSR count). The van der Waals surface area contributed by atoms with Crippen LogP contribution in [0, 0.1) is 0 Å². The maximum atomic E-state index is 4.55. The van der Waals surface area contributed by atoms with Gasteiger partial charge in [0.05, 0.1) is 18.2 Å². The Kier molecular flexibility index (Phi) is 3.12. The number of hydrogen-bond donors (Lipinski definition) is 2. The fourth-order valence-electron chi connectivity index (χ4n) is 2.74. The Labute approximate surface area is 134 Å². The first-order valence-electron chi connectivity index (χ1n) is 7.46. The van der Waals surface area contributed by atoms with Crippen LogP contribution in [-0.2, 0) is 0 Å². The predicted molar refractivity (Wildman–Crippen MR) is 93.4 cm³/mol. The predicted octanol–water partition coefficient (Wildman–Crippen LogP) is 3.69. The minimum absolute atomic E-state index is 0.878. The maximum Gasteiger partial charge on any atom is 0.137 e. The van der Waals surface area contributed by atoms with Gasteiger partial charge in [0.2, 0.25) is 0 Å². The van der Waals surface area contributed by atoms with Gasteiger partial charge in [0.1, 0.15) is 5.65 Å². The highest BCUT2D eigenvalue weighted by molar-refractivity contribution is 5.94. The van der Waals surface area contributed by atoms with Gasteiger partial charge in [-0.05, 0) is 23.8 Å². The van der Waals surface area contributed by atoms with Crippen LogP contribution >= 0.6 is 0 Å². The number of pyridine rings is 1. The summed E-state index contributed by atoms with van der Waals surface area (Å²) in [4.78, 5) is 17.1. The van der Waals surface area contributed by atoms with Crippen molar-refractivity contribution in [2.75, 3.05) is 19.0 Å². The lowest BCUT2D eigenvalue weighted by Gasteiger charge is -2.12. The number of nitrogens with zero attached hydrogens (tertiary/aromatic N) is 3. The number of rotatable bonds is 3. The number of benzene rings is 1. The lowest BCUT2D eigenvalue weighted by molar-refractivity contribution is 1.13. The van der Waals surface area contributed by atoms with Crippen molar-refractivity contribution in [3.63, 3.8) is 0 Å². The zero-order valence-corrected chi connectivity index (χ0v) is 13.0. The first kappa shape index (κ1) is 13.6.